The minimum atomic E-state index is -0.803. The molecule has 0 bridgehead atoms. The molecule has 2 aliphatic rings. The first-order valence-electron chi connectivity index (χ1n) is 12.8. The van der Waals surface area contributed by atoms with Gasteiger partial charge in [-0.3, -0.25) is 4.79 Å². The van der Waals surface area contributed by atoms with Crippen LogP contribution in [0.2, 0.25) is 0 Å². The average Bonchev–Trinajstić information content (AvgIpc) is 3.68. The van der Waals surface area contributed by atoms with E-state index >= 15 is 0 Å². The molecule has 1 aromatic carbocycles. The first-order valence-corrected chi connectivity index (χ1v) is 12.8. The highest BCUT2D eigenvalue weighted by molar-refractivity contribution is 7.59. The van der Waals surface area contributed by atoms with Crippen LogP contribution in [0, 0.1) is 11.7 Å². The molecule has 2 heterocycles. The predicted octanol–water partition coefficient (Wildman–Crippen LogP) is 6.26. The van der Waals surface area contributed by atoms with Gasteiger partial charge in [0.25, 0.3) is 0 Å². The van der Waals surface area contributed by atoms with Crippen molar-refractivity contribution in [1.82, 2.24) is 10.1 Å². The first-order chi connectivity index (χ1) is 18.0. The number of carboxylic acid groups (broad SMARTS) is 1. The summed E-state index contributed by atoms with van der Waals surface area (Å²) in [7, 11) is 1.46. The van der Waals surface area contributed by atoms with Gasteiger partial charge in [-0.15, -0.1) is 0 Å². The molecule has 0 saturated heterocycles. The lowest BCUT2D eigenvalue weighted by atomic mass is 9.91. The Kier molecular flexibility index (Phi) is 9.14. The molecule has 0 aliphatic heterocycles. The summed E-state index contributed by atoms with van der Waals surface area (Å²) in [5.74, 6) is 0.360. The lowest BCUT2D eigenvalue weighted by Gasteiger charge is -2.23. The number of pyridine rings is 1. The third-order valence-electron chi connectivity index (χ3n) is 7.08. The molecule has 0 radical (unpaired) electrons. The molecule has 2 fully saturated rings. The summed E-state index contributed by atoms with van der Waals surface area (Å²) in [6.07, 6.45) is 8.37. The van der Waals surface area contributed by atoms with E-state index in [9.17, 15) is 14.3 Å². The van der Waals surface area contributed by atoms with Crippen molar-refractivity contribution in [2.45, 2.75) is 70.0 Å². The van der Waals surface area contributed by atoms with Crippen LogP contribution in [-0.4, -0.2) is 34.4 Å². The van der Waals surface area contributed by atoms with Gasteiger partial charge in [-0.05, 0) is 68.1 Å². The van der Waals surface area contributed by atoms with Gasteiger partial charge in [0.15, 0.2) is 17.3 Å². The van der Waals surface area contributed by atoms with Gasteiger partial charge in [0.05, 0.1) is 31.4 Å². The summed E-state index contributed by atoms with van der Waals surface area (Å²) in [6.45, 7) is 0.0475. The van der Waals surface area contributed by atoms with E-state index in [1.165, 1.54) is 19.6 Å². The Morgan fingerprint density at radius 1 is 1.18 bits per heavy atom. The molecule has 0 unspecified atom stereocenters. The zero-order valence-electron chi connectivity index (χ0n) is 21.3. The summed E-state index contributed by atoms with van der Waals surface area (Å²) in [5.41, 5.74) is 1.53. The smallest absolute Gasteiger partial charge is 0.303 e. The molecule has 2 aromatic heterocycles. The van der Waals surface area contributed by atoms with E-state index in [4.69, 9.17) is 18.7 Å². The van der Waals surface area contributed by atoms with Crippen LogP contribution in [0.5, 0.6) is 17.4 Å². The molecule has 0 amide bonds. The van der Waals surface area contributed by atoms with Crippen molar-refractivity contribution in [3.63, 3.8) is 0 Å². The molecule has 2 saturated carbocycles. The van der Waals surface area contributed by atoms with Gasteiger partial charge in [0.1, 0.15) is 12.4 Å². The molecular formula is C28H33FN2O6S. The third-order valence-corrected chi connectivity index (χ3v) is 7.08. The van der Waals surface area contributed by atoms with Gasteiger partial charge in [-0.2, -0.15) is 13.5 Å². The number of carbonyl (C=O) groups is 1. The minimum absolute atomic E-state index is 0. The van der Waals surface area contributed by atoms with Crippen LogP contribution in [0.3, 0.4) is 0 Å². The summed E-state index contributed by atoms with van der Waals surface area (Å²) in [4.78, 5) is 15.3. The van der Waals surface area contributed by atoms with Crippen molar-refractivity contribution in [2.75, 3.05) is 7.11 Å². The number of nitrogens with zero attached hydrogens (tertiary/aromatic N) is 2. The predicted molar refractivity (Wildman–Crippen MR) is 143 cm³/mol. The standard InChI is InChI=1S/C28H31FN2O6.H2S/c1-34-25-13-22(23(29)15-30-25)27-28(36-19-7-3-2-4-8-19)24(31-37-27)16-35-20-9-5-6-18(12-20)21(14-26(32)33)17-10-11-17;/h5-6,9,12-13,15,17,19,21H,2-4,7-8,10-11,14,16H2,1H3,(H,32,33);1H2/t21-;/m0./s1. The highest BCUT2D eigenvalue weighted by Crippen LogP contribution is 2.45. The third kappa shape index (κ3) is 6.59. The van der Waals surface area contributed by atoms with Crippen LogP contribution >= 0.6 is 13.5 Å². The summed E-state index contributed by atoms with van der Waals surface area (Å²) in [6, 6.07) is 8.99. The lowest BCUT2D eigenvalue weighted by molar-refractivity contribution is -0.137. The van der Waals surface area contributed by atoms with E-state index in [0.717, 1.165) is 50.3 Å². The summed E-state index contributed by atoms with van der Waals surface area (Å²) < 4.78 is 37.9. The van der Waals surface area contributed by atoms with Crippen molar-refractivity contribution >= 4 is 19.5 Å². The average molecular weight is 545 g/mol. The molecule has 10 heteroatoms. The number of halogens is 1. The van der Waals surface area contributed by atoms with E-state index in [1.54, 1.807) is 0 Å². The molecule has 1 N–H and O–H groups in total. The summed E-state index contributed by atoms with van der Waals surface area (Å²) >= 11 is 0. The molecule has 2 aliphatic carbocycles. The fourth-order valence-corrected chi connectivity index (χ4v) is 4.98. The lowest BCUT2D eigenvalue weighted by Crippen LogP contribution is -2.20. The number of methoxy groups -OCH3 is 1. The second kappa shape index (κ2) is 12.5. The Labute approximate surface area is 227 Å². The van der Waals surface area contributed by atoms with Gasteiger partial charge >= 0.3 is 5.97 Å². The van der Waals surface area contributed by atoms with Crippen molar-refractivity contribution in [2.24, 2.45) is 5.92 Å². The van der Waals surface area contributed by atoms with Crippen molar-refractivity contribution in [3.8, 4) is 28.7 Å². The van der Waals surface area contributed by atoms with Crippen LogP contribution in [0.4, 0.5) is 4.39 Å². The fraction of sp³-hybridized carbons (Fsp3) is 0.464. The second-order valence-electron chi connectivity index (χ2n) is 9.77. The monoisotopic (exact) mass is 544 g/mol. The minimum Gasteiger partial charge on any atom is -0.487 e. The van der Waals surface area contributed by atoms with Crippen LogP contribution in [0.1, 0.15) is 68.5 Å². The quantitative estimate of drug-likeness (QED) is 0.302. The Morgan fingerprint density at radius 3 is 2.68 bits per heavy atom. The maximum Gasteiger partial charge on any atom is 0.303 e. The van der Waals surface area contributed by atoms with Crippen LogP contribution in [-0.2, 0) is 11.4 Å². The van der Waals surface area contributed by atoms with Crippen LogP contribution in [0.25, 0.3) is 11.3 Å². The zero-order chi connectivity index (χ0) is 25.8. The van der Waals surface area contributed by atoms with Crippen molar-refractivity contribution in [3.05, 3.63) is 53.6 Å². The number of aromatic nitrogens is 2. The second-order valence-corrected chi connectivity index (χ2v) is 9.77. The molecule has 5 rings (SSSR count). The number of hydrogen-bond donors (Lipinski definition) is 1. The zero-order valence-corrected chi connectivity index (χ0v) is 22.3. The first kappa shape index (κ1) is 27.8. The molecule has 0 spiro atoms. The van der Waals surface area contributed by atoms with Gasteiger partial charge in [-0.1, -0.05) is 23.7 Å². The van der Waals surface area contributed by atoms with E-state index in [2.05, 4.69) is 10.1 Å². The number of aliphatic carboxylic acids is 1. The van der Waals surface area contributed by atoms with E-state index < -0.39 is 11.8 Å². The molecule has 38 heavy (non-hydrogen) atoms. The van der Waals surface area contributed by atoms with Gasteiger partial charge in [0.2, 0.25) is 11.6 Å². The Bertz CT molecular complexity index is 1240. The number of carboxylic acids is 1. The Balaban J connectivity index is 0.00000336. The van der Waals surface area contributed by atoms with Crippen LogP contribution < -0.4 is 14.2 Å². The van der Waals surface area contributed by atoms with Gasteiger partial charge in [-0.25, -0.2) is 9.37 Å². The Hall–Kier alpha value is -3.27. The molecular weight excluding hydrogens is 511 g/mol. The highest BCUT2D eigenvalue weighted by atomic mass is 32.1. The molecule has 8 nitrogen and oxygen atoms in total. The largest absolute Gasteiger partial charge is 0.487 e. The number of benzene rings is 1. The summed E-state index contributed by atoms with van der Waals surface area (Å²) in [5, 5.41) is 13.5. The maximum atomic E-state index is 14.8. The van der Waals surface area contributed by atoms with E-state index in [-0.39, 0.29) is 55.7 Å². The van der Waals surface area contributed by atoms with E-state index in [1.807, 2.05) is 24.3 Å². The van der Waals surface area contributed by atoms with Crippen molar-refractivity contribution in [1.29, 1.82) is 0 Å². The van der Waals surface area contributed by atoms with E-state index in [0.29, 0.717) is 23.1 Å². The molecule has 1 atom stereocenters. The molecule has 204 valence electrons. The number of ether oxygens (including phenoxy) is 3. The number of hydrogen-bond acceptors (Lipinski definition) is 7. The fourth-order valence-electron chi connectivity index (χ4n) is 4.98. The Morgan fingerprint density at radius 2 is 1.97 bits per heavy atom. The van der Waals surface area contributed by atoms with Gasteiger partial charge in [0, 0.05) is 6.07 Å². The van der Waals surface area contributed by atoms with Crippen molar-refractivity contribution < 1.29 is 33.0 Å². The number of rotatable bonds is 11. The normalized spacial score (nSPS) is 16.4. The SMILES string of the molecule is COc1cc(-c2onc(COc3cccc([C@@H](CC(=O)O)C4CC4)c3)c2OC2CCCCC2)c(F)cn1.S. The molecule has 3 aromatic rings. The maximum absolute atomic E-state index is 14.8. The topological polar surface area (TPSA) is 104 Å². The highest BCUT2D eigenvalue weighted by Gasteiger charge is 2.34. The van der Waals surface area contributed by atoms with Gasteiger partial charge < -0.3 is 23.8 Å². The van der Waals surface area contributed by atoms with Crippen LogP contribution in [0.15, 0.2) is 41.1 Å².